The lowest BCUT2D eigenvalue weighted by atomic mass is 10.0. The molecule has 4 aromatic rings. The molecule has 9 nitrogen and oxygen atoms in total. The SMILES string of the molecule is Cc1ccc(-c2noc(-c3cccn4c(=O)n(CC(=O)N5CCCCC5C)nc34)n2)cc1. The first-order valence-corrected chi connectivity index (χ1v) is 10.8. The van der Waals surface area contributed by atoms with Gasteiger partial charge in [-0.2, -0.15) is 4.98 Å². The van der Waals surface area contributed by atoms with Crippen molar-refractivity contribution in [2.75, 3.05) is 6.54 Å². The number of likely N-dealkylation sites (tertiary alicyclic amines) is 1. The van der Waals surface area contributed by atoms with E-state index in [0.29, 0.717) is 17.0 Å². The number of rotatable bonds is 4. The molecule has 1 atom stereocenters. The molecule has 1 aromatic carbocycles. The van der Waals surface area contributed by atoms with Crippen LogP contribution in [-0.4, -0.2) is 47.7 Å². The number of carbonyl (C=O) groups is 1. The van der Waals surface area contributed by atoms with Crippen LogP contribution in [0.25, 0.3) is 28.5 Å². The summed E-state index contributed by atoms with van der Waals surface area (Å²) in [6.07, 6.45) is 4.71. The average Bonchev–Trinajstić information content (AvgIpc) is 3.40. The van der Waals surface area contributed by atoms with Gasteiger partial charge in [-0.3, -0.25) is 4.79 Å². The number of carbonyl (C=O) groups excluding carboxylic acids is 1. The normalized spacial score (nSPS) is 16.6. The van der Waals surface area contributed by atoms with Crippen molar-refractivity contribution in [1.29, 1.82) is 0 Å². The number of nitrogens with zero attached hydrogens (tertiary/aromatic N) is 6. The van der Waals surface area contributed by atoms with Crippen LogP contribution in [-0.2, 0) is 11.3 Å². The molecule has 1 saturated heterocycles. The Morgan fingerprint density at radius 3 is 2.78 bits per heavy atom. The third-order valence-corrected chi connectivity index (χ3v) is 5.98. The Hall–Kier alpha value is -3.75. The van der Waals surface area contributed by atoms with Gasteiger partial charge in [0.1, 0.15) is 6.54 Å². The molecule has 1 aliphatic rings. The van der Waals surface area contributed by atoms with E-state index in [2.05, 4.69) is 15.2 Å². The van der Waals surface area contributed by atoms with Crippen LogP contribution in [0.2, 0.25) is 0 Å². The fraction of sp³-hybridized carbons (Fsp3) is 0.348. The Morgan fingerprint density at radius 2 is 2.00 bits per heavy atom. The van der Waals surface area contributed by atoms with Gasteiger partial charge in [0.05, 0.1) is 5.56 Å². The maximum atomic E-state index is 12.9. The van der Waals surface area contributed by atoms with Crippen LogP contribution >= 0.6 is 0 Å². The van der Waals surface area contributed by atoms with Crippen LogP contribution in [0.15, 0.2) is 51.9 Å². The first-order valence-electron chi connectivity index (χ1n) is 10.8. The van der Waals surface area contributed by atoms with Crippen LogP contribution in [0.1, 0.15) is 31.7 Å². The molecule has 0 spiro atoms. The zero-order chi connectivity index (χ0) is 22.2. The Morgan fingerprint density at radius 1 is 1.19 bits per heavy atom. The third-order valence-electron chi connectivity index (χ3n) is 5.98. The zero-order valence-corrected chi connectivity index (χ0v) is 18.1. The molecule has 5 rings (SSSR count). The molecule has 1 amide bonds. The summed E-state index contributed by atoms with van der Waals surface area (Å²) in [6.45, 7) is 4.68. The molecule has 32 heavy (non-hydrogen) atoms. The molecular formula is C23H24N6O3. The first kappa shape index (κ1) is 20.2. The summed E-state index contributed by atoms with van der Waals surface area (Å²) in [5.74, 6) is 0.626. The molecule has 0 N–H and O–H groups in total. The summed E-state index contributed by atoms with van der Waals surface area (Å²) in [7, 11) is 0. The molecule has 1 aliphatic heterocycles. The molecular weight excluding hydrogens is 408 g/mol. The molecule has 0 saturated carbocycles. The number of benzene rings is 1. The number of piperidine rings is 1. The van der Waals surface area contributed by atoms with Gasteiger partial charge in [0.15, 0.2) is 5.65 Å². The predicted molar refractivity (Wildman–Crippen MR) is 118 cm³/mol. The van der Waals surface area contributed by atoms with Gasteiger partial charge in [0.2, 0.25) is 11.7 Å². The van der Waals surface area contributed by atoms with Crippen molar-refractivity contribution >= 4 is 11.6 Å². The van der Waals surface area contributed by atoms with Crippen LogP contribution in [0, 0.1) is 6.92 Å². The van der Waals surface area contributed by atoms with Crippen molar-refractivity contribution in [3.63, 3.8) is 0 Å². The minimum Gasteiger partial charge on any atom is -0.338 e. The van der Waals surface area contributed by atoms with E-state index in [1.807, 2.05) is 43.0 Å². The minimum atomic E-state index is -0.377. The number of pyridine rings is 1. The van der Waals surface area contributed by atoms with Gasteiger partial charge >= 0.3 is 5.69 Å². The van der Waals surface area contributed by atoms with Crippen LogP contribution in [0.5, 0.6) is 0 Å². The van der Waals surface area contributed by atoms with Crippen LogP contribution in [0.4, 0.5) is 0 Å². The van der Waals surface area contributed by atoms with Crippen molar-refractivity contribution < 1.29 is 9.32 Å². The molecule has 164 valence electrons. The van der Waals surface area contributed by atoms with Gasteiger partial charge in [0, 0.05) is 24.3 Å². The molecule has 3 aromatic heterocycles. The zero-order valence-electron chi connectivity index (χ0n) is 18.1. The third kappa shape index (κ3) is 3.59. The van der Waals surface area contributed by atoms with Crippen molar-refractivity contribution in [1.82, 2.24) is 29.2 Å². The number of aryl methyl sites for hydroxylation is 1. The summed E-state index contributed by atoms with van der Waals surface area (Å²) in [5, 5.41) is 8.51. The molecule has 0 bridgehead atoms. The van der Waals surface area contributed by atoms with E-state index in [0.717, 1.165) is 36.9 Å². The lowest BCUT2D eigenvalue weighted by Crippen LogP contribution is -2.44. The highest BCUT2D eigenvalue weighted by Crippen LogP contribution is 2.25. The summed E-state index contributed by atoms with van der Waals surface area (Å²) < 4.78 is 8.09. The molecule has 1 fully saturated rings. The first-order chi connectivity index (χ1) is 15.5. The Kier molecular flexibility index (Phi) is 5.08. The predicted octanol–water partition coefficient (Wildman–Crippen LogP) is 2.92. The molecule has 4 heterocycles. The quantitative estimate of drug-likeness (QED) is 0.492. The monoisotopic (exact) mass is 432 g/mol. The highest BCUT2D eigenvalue weighted by Gasteiger charge is 2.25. The fourth-order valence-corrected chi connectivity index (χ4v) is 4.15. The highest BCUT2D eigenvalue weighted by molar-refractivity contribution is 5.77. The maximum Gasteiger partial charge on any atom is 0.350 e. The van der Waals surface area contributed by atoms with Gasteiger partial charge in [0.25, 0.3) is 5.89 Å². The molecule has 0 aliphatic carbocycles. The standard InChI is InChI=1S/C23H24N6O3/c1-15-8-10-17(11-9-15)20-24-22(32-26-20)18-7-5-13-28-21(18)25-29(23(28)31)14-19(30)27-12-4-3-6-16(27)2/h5,7-11,13,16H,3-4,6,12,14H2,1-2H3. The van der Waals surface area contributed by atoms with E-state index in [1.165, 1.54) is 9.08 Å². The van der Waals surface area contributed by atoms with E-state index < -0.39 is 0 Å². The van der Waals surface area contributed by atoms with E-state index in [9.17, 15) is 9.59 Å². The summed E-state index contributed by atoms with van der Waals surface area (Å²) >= 11 is 0. The number of hydrogen-bond acceptors (Lipinski definition) is 6. The van der Waals surface area contributed by atoms with Gasteiger partial charge in [-0.15, -0.1) is 5.10 Å². The maximum absolute atomic E-state index is 12.9. The van der Waals surface area contributed by atoms with Gasteiger partial charge < -0.3 is 9.42 Å². The van der Waals surface area contributed by atoms with Crippen molar-refractivity contribution in [3.8, 4) is 22.8 Å². The molecule has 9 heteroatoms. The van der Waals surface area contributed by atoms with E-state index in [-0.39, 0.29) is 30.1 Å². The summed E-state index contributed by atoms with van der Waals surface area (Å²) in [4.78, 5) is 32.1. The topological polar surface area (TPSA) is 98.5 Å². The number of fused-ring (bicyclic) bond motifs is 1. The minimum absolute atomic E-state index is 0.0938. The Balaban J connectivity index is 1.47. The smallest absolute Gasteiger partial charge is 0.338 e. The lowest BCUT2D eigenvalue weighted by Gasteiger charge is -2.33. The van der Waals surface area contributed by atoms with Crippen molar-refractivity contribution in [3.05, 3.63) is 58.6 Å². The number of hydrogen-bond donors (Lipinski definition) is 0. The summed E-state index contributed by atoms with van der Waals surface area (Å²) in [6, 6.07) is 11.5. The second kappa shape index (κ2) is 8.07. The lowest BCUT2D eigenvalue weighted by molar-refractivity contribution is -0.135. The number of amides is 1. The van der Waals surface area contributed by atoms with E-state index >= 15 is 0 Å². The van der Waals surface area contributed by atoms with E-state index in [1.54, 1.807) is 18.3 Å². The molecule has 0 radical (unpaired) electrons. The fourth-order valence-electron chi connectivity index (χ4n) is 4.15. The molecule has 1 unspecified atom stereocenters. The second-order valence-electron chi connectivity index (χ2n) is 8.28. The van der Waals surface area contributed by atoms with Crippen molar-refractivity contribution in [2.24, 2.45) is 0 Å². The van der Waals surface area contributed by atoms with Gasteiger partial charge in [-0.25, -0.2) is 13.9 Å². The highest BCUT2D eigenvalue weighted by atomic mass is 16.5. The van der Waals surface area contributed by atoms with Crippen molar-refractivity contribution in [2.45, 2.75) is 45.7 Å². The Bertz CT molecular complexity index is 1330. The summed E-state index contributed by atoms with van der Waals surface area (Å²) in [5.41, 5.74) is 2.50. The number of aromatic nitrogens is 5. The van der Waals surface area contributed by atoms with Gasteiger partial charge in [-0.05, 0) is 45.2 Å². The Labute approximate surface area is 184 Å². The van der Waals surface area contributed by atoms with Crippen LogP contribution < -0.4 is 5.69 Å². The second-order valence-corrected chi connectivity index (χ2v) is 8.28. The van der Waals surface area contributed by atoms with Crippen LogP contribution in [0.3, 0.4) is 0 Å². The van der Waals surface area contributed by atoms with E-state index in [4.69, 9.17) is 4.52 Å². The average molecular weight is 432 g/mol. The van der Waals surface area contributed by atoms with Gasteiger partial charge in [-0.1, -0.05) is 35.0 Å². The largest absolute Gasteiger partial charge is 0.350 e.